The van der Waals surface area contributed by atoms with E-state index < -0.39 is 11.9 Å². The molecule has 6 nitrogen and oxygen atoms in total. The van der Waals surface area contributed by atoms with E-state index in [9.17, 15) is 14.4 Å². The van der Waals surface area contributed by atoms with Crippen LogP contribution in [0, 0.1) is 0 Å². The molecular formula is C25H23N3O3. The number of nitrogens with zero attached hydrogens (tertiary/aromatic N) is 2. The van der Waals surface area contributed by atoms with Gasteiger partial charge in [-0.1, -0.05) is 54.6 Å². The third-order valence-corrected chi connectivity index (χ3v) is 4.63. The lowest BCUT2D eigenvalue weighted by molar-refractivity contribution is -0.104. The largest absolute Gasteiger partial charge is 0.324 e. The Morgan fingerprint density at radius 1 is 0.935 bits per heavy atom. The van der Waals surface area contributed by atoms with Crippen LogP contribution in [0.5, 0.6) is 0 Å². The Hall–Kier alpha value is -4.06. The summed E-state index contributed by atoms with van der Waals surface area (Å²) in [7, 11) is 0. The fourth-order valence-electron chi connectivity index (χ4n) is 2.99. The lowest BCUT2D eigenvalue weighted by Crippen LogP contribution is -2.43. The van der Waals surface area contributed by atoms with Gasteiger partial charge in [0.15, 0.2) is 0 Å². The average molecular weight is 413 g/mol. The standard InChI is InChI=1S/C25H23N3O3/c29-18-6-7-20-11-13-21(14-12-20)19-28(17-15-23-10-4-5-16-26-23)25(31)27-24(30)22-8-2-1-3-9-22/h1-14,16,18H,15,17,19H2,(H,27,30,31)/b7-6+. The van der Waals surface area contributed by atoms with Crippen LogP contribution >= 0.6 is 0 Å². The van der Waals surface area contributed by atoms with Gasteiger partial charge >= 0.3 is 6.03 Å². The van der Waals surface area contributed by atoms with Crippen molar-refractivity contribution in [1.82, 2.24) is 15.2 Å². The van der Waals surface area contributed by atoms with Gasteiger partial charge in [-0.25, -0.2) is 4.79 Å². The molecule has 0 saturated heterocycles. The molecule has 3 rings (SSSR count). The van der Waals surface area contributed by atoms with E-state index in [1.54, 1.807) is 41.4 Å². The van der Waals surface area contributed by atoms with Crippen LogP contribution in [0.15, 0.2) is 85.1 Å². The second-order valence-corrected chi connectivity index (χ2v) is 6.85. The minimum absolute atomic E-state index is 0.332. The van der Waals surface area contributed by atoms with E-state index in [-0.39, 0.29) is 0 Å². The van der Waals surface area contributed by atoms with Gasteiger partial charge in [-0.2, -0.15) is 0 Å². The van der Waals surface area contributed by atoms with Crippen molar-refractivity contribution in [2.45, 2.75) is 13.0 Å². The van der Waals surface area contributed by atoms with E-state index in [0.29, 0.717) is 25.1 Å². The van der Waals surface area contributed by atoms with Gasteiger partial charge in [0.25, 0.3) is 5.91 Å². The molecule has 1 N–H and O–H groups in total. The van der Waals surface area contributed by atoms with Crippen LogP contribution in [0.2, 0.25) is 0 Å². The molecule has 0 aliphatic heterocycles. The summed E-state index contributed by atoms with van der Waals surface area (Å²) < 4.78 is 0. The molecule has 2 aromatic carbocycles. The summed E-state index contributed by atoms with van der Waals surface area (Å²) in [5.74, 6) is -0.442. The van der Waals surface area contributed by atoms with Crippen LogP contribution in [-0.2, 0) is 17.8 Å². The molecule has 0 fully saturated rings. The van der Waals surface area contributed by atoms with Gasteiger partial charge in [0.1, 0.15) is 6.29 Å². The fourth-order valence-corrected chi connectivity index (χ4v) is 2.99. The van der Waals surface area contributed by atoms with Crippen molar-refractivity contribution in [3.63, 3.8) is 0 Å². The highest BCUT2D eigenvalue weighted by molar-refractivity contribution is 6.04. The summed E-state index contributed by atoms with van der Waals surface area (Å²) in [4.78, 5) is 41.7. The van der Waals surface area contributed by atoms with E-state index in [1.165, 1.54) is 6.08 Å². The summed E-state index contributed by atoms with van der Waals surface area (Å²) in [6.45, 7) is 0.732. The molecule has 0 aliphatic rings. The van der Waals surface area contributed by atoms with Crippen LogP contribution in [0.25, 0.3) is 6.08 Å². The first-order valence-corrected chi connectivity index (χ1v) is 9.91. The van der Waals surface area contributed by atoms with Crippen LogP contribution < -0.4 is 5.32 Å². The Labute approximate surface area is 181 Å². The van der Waals surface area contributed by atoms with Gasteiger partial charge < -0.3 is 4.90 Å². The van der Waals surface area contributed by atoms with E-state index in [0.717, 1.165) is 23.1 Å². The lowest BCUT2D eigenvalue weighted by Gasteiger charge is -2.23. The van der Waals surface area contributed by atoms with Gasteiger partial charge in [-0.05, 0) is 41.5 Å². The molecular weight excluding hydrogens is 390 g/mol. The average Bonchev–Trinajstić information content (AvgIpc) is 2.82. The lowest BCUT2D eigenvalue weighted by atomic mass is 10.1. The fraction of sp³-hybridized carbons (Fsp3) is 0.120. The SMILES string of the molecule is O=C/C=C/c1ccc(CN(CCc2ccccn2)C(=O)NC(=O)c2ccccc2)cc1. The number of allylic oxidation sites excluding steroid dienone is 1. The molecule has 1 aromatic heterocycles. The number of nitrogens with one attached hydrogen (secondary N) is 1. The van der Waals surface area contributed by atoms with Crippen molar-refractivity contribution in [2.75, 3.05) is 6.54 Å². The zero-order chi connectivity index (χ0) is 21.9. The monoisotopic (exact) mass is 413 g/mol. The second kappa shape index (κ2) is 11.2. The summed E-state index contributed by atoms with van der Waals surface area (Å²) in [6, 6.07) is 21.3. The van der Waals surface area contributed by atoms with Crippen molar-refractivity contribution < 1.29 is 14.4 Å². The van der Waals surface area contributed by atoms with E-state index in [1.807, 2.05) is 48.5 Å². The third kappa shape index (κ3) is 6.75. The maximum atomic E-state index is 12.9. The molecule has 0 bridgehead atoms. The van der Waals surface area contributed by atoms with Gasteiger partial charge in [0.05, 0.1) is 0 Å². The number of hydrogen-bond acceptors (Lipinski definition) is 4. The van der Waals surface area contributed by atoms with Gasteiger partial charge in [-0.15, -0.1) is 0 Å². The van der Waals surface area contributed by atoms with Gasteiger partial charge in [-0.3, -0.25) is 19.9 Å². The van der Waals surface area contributed by atoms with Crippen LogP contribution in [0.4, 0.5) is 4.79 Å². The van der Waals surface area contributed by atoms with Crippen LogP contribution in [0.1, 0.15) is 27.2 Å². The first-order valence-electron chi connectivity index (χ1n) is 9.91. The van der Waals surface area contributed by atoms with E-state index in [4.69, 9.17) is 0 Å². The summed E-state index contributed by atoms with van der Waals surface area (Å²) in [6.07, 6.45) is 6.14. The molecule has 0 unspecified atom stereocenters. The second-order valence-electron chi connectivity index (χ2n) is 6.85. The number of rotatable bonds is 8. The van der Waals surface area contributed by atoms with Crippen molar-refractivity contribution >= 4 is 24.3 Å². The van der Waals surface area contributed by atoms with E-state index >= 15 is 0 Å². The van der Waals surface area contributed by atoms with Gasteiger partial charge in [0.2, 0.25) is 0 Å². The predicted molar refractivity (Wildman–Crippen MR) is 119 cm³/mol. The number of imide groups is 1. The maximum Gasteiger partial charge on any atom is 0.324 e. The quantitative estimate of drug-likeness (QED) is 0.449. The first kappa shape index (κ1) is 21.6. The highest BCUT2D eigenvalue weighted by atomic mass is 16.2. The number of pyridine rings is 1. The molecule has 0 aliphatic carbocycles. The van der Waals surface area contributed by atoms with Crippen molar-refractivity contribution in [3.05, 3.63) is 107 Å². The summed E-state index contributed by atoms with van der Waals surface area (Å²) in [5, 5.41) is 2.47. The zero-order valence-electron chi connectivity index (χ0n) is 17.0. The number of hydrogen-bond donors (Lipinski definition) is 1. The molecule has 31 heavy (non-hydrogen) atoms. The maximum absolute atomic E-state index is 12.9. The van der Waals surface area contributed by atoms with Crippen molar-refractivity contribution in [2.24, 2.45) is 0 Å². The predicted octanol–water partition coefficient (Wildman–Crippen LogP) is 3.89. The highest BCUT2D eigenvalue weighted by Crippen LogP contribution is 2.11. The molecule has 0 saturated carbocycles. The Kier molecular flexibility index (Phi) is 7.83. The first-order chi connectivity index (χ1) is 15.2. The molecule has 1 heterocycles. The molecule has 3 aromatic rings. The Morgan fingerprint density at radius 3 is 2.35 bits per heavy atom. The van der Waals surface area contributed by atoms with Gasteiger partial charge in [0, 0.05) is 37.0 Å². The molecule has 156 valence electrons. The minimum Gasteiger partial charge on any atom is -0.320 e. The molecule has 0 radical (unpaired) electrons. The summed E-state index contributed by atoms with van der Waals surface area (Å²) >= 11 is 0. The number of aromatic nitrogens is 1. The number of benzene rings is 2. The number of urea groups is 1. The highest BCUT2D eigenvalue weighted by Gasteiger charge is 2.18. The normalized spacial score (nSPS) is 10.6. The molecule has 6 heteroatoms. The van der Waals surface area contributed by atoms with Crippen LogP contribution in [-0.4, -0.2) is 34.7 Å². The number of aldehydes is 1. The van der Waals surface area contributed by atoms with Crippen molar-refractivity contribution in [3.8, 4) is 0 Å². The molecule has 3 amide bonds. The molecule has 0 spiro atoms. The smallest absolute Gasteiger partial charge is 0.320 e. The van der Waals surface area contributed by atoms with Crippen molar-refractivity contribution in [1.29, 1.82) is 0 Å². The third-order valence-electron chi connectivity index (χ3n) is 4.63. The topological polar surface area (TPSA) is 79.4 Å². The Balaban J connectivity index is 1.71. The van der Waals surface area contributed by atoms with E-state index in [2.05, 4.69) is 10.3 Å². The Bertz CT molecular complexity index is 1030. The Morgan fingerprint density at radius 2 is 1.68 bits per heavy atom. The number of amides is 3. The summed E-state index contributed by atoms with van der Waals surface area (Å²) in [5.41, 5.74) is 3.09. The molecule has 0 atom stereocenters. The van der Waals surface area contributed by atoms with Crippen LogP contribution in [0.3, 0.4) is 0 Å². The zero-order valence-corrected chi connectivity index (χ0v) is 17.0. The number of carbonyl (C=O) groups excluding carboxylic acids is 3. The minimum atomic E-state index is -0.463. The number of carbonyl (C=O) groups is 3.